The number of hydrogen-bond acceptors (Lipinski definition) is 4. The summed E-state index contributed by atoms with van der Waals surface area (Å²) in [6.07, 6.45) is 2.71. The monoisotopic (exact) mass is 394 g/mol. The van der Waals surface area contributed by atoms with E-state index in [4.69, 9.17) is 16.3 Å². The molecule has 4 nitrogen and oxygen atoms in total. The second-order valence-electron chi connectivity index (χ2n) is 6.31. The van der Waals surface area contributed by atoms with Crippen molar-refractivity contribution in [1.29, 1.82) is 0 Å². The zero-order chi connectivity index (χ0) is 19.9. The van der Waals surface area contributed by atoms with Crippen LogP contribution in [0.25, 0.3) is 11.1 Å². The minimum atomic E-state index is -0.149. The quantitative estimate of drug-likeness (QED) is 0.486. The Morgan fingerprint density at radius 3 is 2.46 bits per heavy atom. The van der Waals surface area contributed by atoms with Gasteiger partial charge in [-0.3, -0.25) is 4.79 Å². The molecule has 0 amide bonds. The van der Waals surface area contributed by atoms with Gasteiger partial charge in [-0.2, -0.15) is 0 Å². The van der Waals surface area contributed by atoms with Gasteiger partial charge in [-0.15, -0.1) is 0 Å². The fourth-order valence-electron chi connectivity index (χ4n) is 2.88. The first kappa shape index (κ1) is 19.9. The van der Waals surface area contributed by atoms with E-state index in [-0.39, 0.29) is 5.78 Å². The third-order valence-corrected chi connectivity index (χ3v) is 4.62. The zero-order valence-corrected chi connectivity index (χ0v) is 16.8. The van der Waals surface area contributed by atoms with Gasteiger partial charge in [0.25, 0.3) is 0 Å². The van der Waals surface area contributed by atoms with Crippen LogP contribution in [0.15, 0.2) is 60.8 Å². The largest absolute Gasteiger partial charge is 0.494 e. The highest BCUT2D eigenvalue weighted by Crippen LogP contribution is 2.28. The van der Waals surface area contributed by atoms with Gasteiger partial charge in [0.15, 0.2) is 5.78 Å². The highest BCUT2D eigenvalue weighted by molar-refractivity contribution is 6.35. The number of pyridine rings is 1. The molecular formula is C23H23ClN2O2. The normalized spacial score (nSPS) is 10.5. The zero-order valence-electron chi connectivity index (χ0n) is 16.0. The van der Waals surface area contributed by atoms with E-state index in [1.54, 1.807) is 18.3 Å². The average molecular weight is 395 g/mol. The number of rotatable bonds is 8. The van der Waals surface area contributed by atoms with Gasteiger partial charge in [0.1, 0.15) is 11.6 Å². The van der Waals surface area contributed by atoms with Gasteiger partial charge in [0.2, 0.25) is 0 Å². The Morgan fingerprint density at radius 1 is 1.04 bits per heavy atom. The van der Waals surface area contributed by atoms with Crippen LogP contribution in [0.4, 0.5) is 5.82 Å². The molecule has 5 heteroatoms. The maximum absolute atomic E-state index is 13.2. The molecule has 1 aromatic heterocycles. The molecular weight excluding hydrogens is 372 g/mol. The van der Waals surface area contributed by atoms with E-state index in [0.717, 1.165) is 29.8 Å². The molecule has 3 aromatic rings. The smallest absolute Gasteiger partial charge is 0.198 e. The average Bonchev–Trinajstić information content (AvgIpc) is 2.73. The third kappa shape index (κ3) is 4.52. The van der Waals surface area contributed by atoms with Crippen molar-refractivity contribution >= 4 is 23.2 Å². The van der Waals surface area contributed by atoms with Crippen molar-refractivity contribution < 1.29 is 9.53 Å². The van der Waals surface area contributed by atoms with Crippen LogP contribution in [-0.2, 0) is 0 Å². The van der Waals surface area contributed by atoms with E-state index in [1.807, 2.05) is 49.4 Å². The lowest BCUT2D eigenvalue weighted by atomic mass is 9.99. The first-order valence-electron chi connectivity index (χ1n) is 9.40. The molecule has 1 N–H and O–H groups in total. The topological polar surface area (TPSA) is 51.2 Å². The van der Waals surface area contributed by atoms with Crippen LogP contribution in [0, 0.1) is 0 Å². The summed E-state index contributed by atoms with van der Waals surface area (Å²) in [7, 11) is 0. The van der Waals surface area contributed by atoms with Crippen molar-refractivity contribution in [3.05, 3.63) is 76.9 Å². The van der Waals surface area contributed by atoms with Crippen LogP contribution in [0.1, 0.15) is 36.2 Å². The predicted molar refractivity (Wildman–Crippen MR) is 115 cm³/mol. The molecule has 1 heterocycles. The molecule has 0 aliphatic rings. The summed E-state index contributed by atoms with van der Waals surface area (Å²) in [5.41, 5.74) is 2.80. The van der Waals surface area contributed by atoms with E-state index in [1.165, 1.54) is 0 Å². The first-order valence-corrected chi connectivity index (χ1v) is 9.78. The Kier molecular flexibility index (Phi) is 6.66. The number of anilines is 1. The molecule has 0 unspecified atom stereocenters. The van der Waals surface area contributed by atoms with Crippen LogP contribution in [0.5, 0.6) is 5.75 Å². The van der Waals surface area contributed by atoms with E-state index >= 15 is 0 Å². The molecule has 0 fully saturated rings. The Hall–Kier alpha value is -2.85. The van der Waals surface area contributed by atoms with Crippen LogP contribution in [0.2, 0.25) is 5.02 Å². The number of nitrogens with zero attached hydrogens (tertiary/aromatic N) is 1. The van der Waals surface area contributed by atoms with Crippen molar-refractivity contribution in [3.63, 3.8) is 0 Å². The summed E-state index contributed by atoms with van der Waals surface area (Å²) in [6, 6.07) is 16.7. The maximum Gasteiger partial charge on any atom is 0.198 e. The van der Waals surface area contributed by atoms with Gasteiger partial charge in [-0.1, -0.05) is 42.8 Å². The Morgan fingerprint density at radius 2 is 1.79 bits per heavy atom. The van der Waals surface area contributed by atoms with E-state index in [2.05, 4.69) is 17.2 Å². The van der Waals surface area contributed by atoms with E-state index < -0.39 is 0 Å². The van der Waals surface area contributed by atoms with Crippen LogP contribution >= 0.6 is 11.6 Å². The number of ketones is 1. The Labute approximate surface area is 170 Å². The summed E-state index contributed by atoms with van der Waals surface area (Å²) >= 11 is 6.25. The minimum Gasteiger partial charge on any atom is -0.494 e. The number of carbonyl (C=O) groups excluding carboxylic acids is 1. The number of benzene rings is 2. The van der Waals surface area contributed by atoms with Gasteiger partial charge in [0.05, 0.1) is 17.2 Å². The number of carbonyl (C=O) groups is 1. The SMILES string of the molecule is CCCNc1ncc(-c2ccc(OCC)cc2)cc1C(=O)c1ccccc1Cl. The van der Waals surface area contributed by atoms with E-state index in [9.17, 15) is 4.79 Å². The van der Waals surface area contributed by atoms with Gasteiger partial charge < -0.3 is 10.1 Å². The fourth-order valence-corrected chi connectivity index (χ4v) is 3.10. The predicted octanol–water partition coefficient (Wildman–Crippen LogP) is 5.85. The summed E-state index contributed by atoms with van der Waals surface area (Å²) < 4.78 is 5.50. The molecule has 0 saturated heterocycles. The lowest BCUT2D eigenvalue weighted by molar-refractivity contribution is 0.103. The van der Waals surface area contributed by atoms with E-state index in [0.29, 0.717) is 28.6 Å². The number of nitrogens with one attached hydrogen (secondary N) is 1. The van der Waals surface area contributed by atoms with Gasteiger partial charge in [-0.05, 0) is 49.2 Å². The van der Waals surface area contributed by atoms with Crippen LogP contribution in [-0.4, -0.2) is 23.9 Å². The third-order valence-electron chi connectivity index (χ3n) is 4.29. The molecule has 0 bridgehead atoms. The summed E-state index contributed by atoms with van der Waals surface area (Å²) in [6.45, 7) is 5.37. The van der Waals surface area contributed by atoms with Crippen LogP contribution in [0.3, 0.4) is 0 Å². The first-order chi connectivity index (χ1) is 13.6. The maximum atomic E-state index is 13.2. The molecule has 0 aliphatic heterocycles. The van der Waals surface area contributed by atoms with Crippen molar-refractivity contribution in [2.24, 2.45) is 0 Å². The van der Waals surface area contributed by atoms with Crippen molar-refractivity contribution in [2.45, 2.75) is 20.3 Å². The van der Waals surface area contributed by atoms with Crippen LogP contribution < -0.4 is 10.1 Å². The molecule has 144 valence electrons. The number of ether oxygens (including phenoxy) is 1. The second-order valence-corrected chi connectivity index (χ2v) is 6.72. The minimum absolute atomic E-state index is 0.149. The molecule has 0 aliphatic carbocycles. The van der Waals surface area contributed by atoms with Gasteiger partial charge >= 0.3 is 0 Å². The van der Waals surface area contributed by atoms with Crippen molar-refractivity contribution in [3.8, 4) is 16.9 Å². The molecule has 0 radical (unpaired) electrons. The van der Waals surface area contributed by atoms with Crippen molar-refractivity contribution in [2.75, 3.05) is 18.5 Å². The molecule has 28 heavy (non-hydrogen) atoms. The number of halogens is 1. The van der Waals surface area contributed by atoms with Gasteiger partial charge in [0, 0.05) is 23.9 Å². The molecule has 0 atom stereocenters. The second kappa shape index (κ2) is 9.38. The highest BCUT2D eigenvalue weighted by atomic mass is 35.5. The number of hydrogen-bond donors (Lipinski definition) is 1. The van der Waals surface area contributed by atoms with Crippen molar-refractivity contribution in [1.82, 2.24) is 4.98 Å². The summed E-state index contributed by atoms with van der Waals surface area (Å²) in [5, 5.41) is 3.67. The van der Waals surface area contributed by atoms with Gasteiger partial charge in [-0.25, -0.2) is 4.98 Å². The summed E-state index contributed by atoms with van der Waals surface area (Å²) in [5.74, 6) is 1.23. The molecule has 0 saturated carbocycles. The molecule has 3 rings (SSSR count). The lowest BCUT2D eigenvalue weighted by Gasteiger charge is -2.13. The summed E-state index contributed by atoms with van der Waals surface area (Å²) in [4.78, 5) is 17.7. The highest BCUT2D eigenvalue weighted by Gasteiger charge is 2.18. The Bertz CT molecular complexity index is 955. The standard InChI is InChI=1S/C23H23ClN2O2/c1-3-13-25-23-20(22(27)19-7-5-6-8-21(19)24)14-17(15-26-23)16-9-11-18(12-10-16)28-4-2/h5-12,14-15H,3-4,13H2,1-2H3,(H,25,26). The lowest BCUT2D eigenvalue weighted by Crippen LogP contribution is -2.11. The molecule has 0 spiro atoms. The fraction of sp³-hybridized carbons (Fsp3) is 0.217. The number of aromatic nitrogens is 1. The molecule has 2 aromatic carbocycles. The Balaban J connectivity index is 2.01.